The van der Waals surface area contributed by atoms with Crippen LogP contribution >= 0.6 is 0 Å². The van der Waals surface area contributed by atoms with Crippen LogP contribution in [0, 0.1) is 6.92 Å². The highest BCUT2D eigenvalue weighted by Crippen LogP contribution is 2.28. The quantitative estimate of drug-likeness (QED) is 0.484. The SMILES string of the molecule is Cc1cc(-c2ccc3ncc4nnc(-c5ccc(S(C)=O)cc5)n4c3c2)cnc1N. The first-order chi connectivity index (χ1) is 14.5. The molecular formula is C22H18N6OS. The maximum atomic E-state index is 11.7. The van der Waals surface area contributed by atoms with E-state index >= 15 is 0 Å². The molecule has 148 valence electrons. The smallest absolute Gasteiger partial charge is 0.180 e. The van der Waals surface area contributed by atoms with E-state index < -0.39 is 10.8 Å². The minimum Gasteiger partial charge on any atom is -0.383 e. The minimum atomic E-state index is -1.03. The van der Waals surface area contributed by atoms with Crippen LogP contribution in [0.2, 0.25) is 0 Å². The monoisotopic (exact) mass is 414 g/mol. The minimum absolute atomic E-state index is 0.529. The van der Waals surface area contributed by atoms with Crippen LogP contribution in [0.3, 0.4) is 0 Å². The van der Waals surface area contributed by atoms with Gasteiger partial charge in [0.1, 0.15) is 5.82 Å². The third kappa shape index (κ3) is 3.02. The molecule has 8 heteroatoms. The Kier molecular flexibility index (Phi) is 4.29. The highest BCUT2D eigenvalue weighted by molar-refractivity contribution is 7.84. The molecule has 30 heavy (non-hydrogen) atoms. The Labute approximate surface area is 175 Å². The number of hydrogen-bond donors (Lipinski definition) is 1. The zero-order chi connectivity index (χ0) is 20.8. The van der Waals surface area contributed by atoms with Gasteiger partial charge in [0.2, 0.25) is 0 Å². The van der Waals surface area contributed by atoms with Crippen molar-refractivity contribution in [2.45, 2.75) is 11.8 Å². The molecule has 0 aliphatic heterocycles. The summed E-state index contributed by atoms with van der Waals surface area (Å²) in [5, 5.41) is 8.68. The number of benzene rings is 2. The summed E-state index contributed by atoms with van der Waals surface area (Å²) in [6.07, 6.45) is 5.15. The van der Waals surface area contributed by atoms with Crippen molar-refractivity contribution < 1.29 is 4.21 Å². The van der Waals surface area contributed by atoms with Crippen molar-refractivity contribution in [3.05, 3.63) is 66.5 Å². The molecule has 0 radical (unpaired) electrons. The maximum Gasteiger partial charge on any atom is 0.180 e. The van der Waals surface area contributed by atoms with Gasteiger partial charge >= 0.3 is 0 Å². The van der Waals surface area contributed by atoms with Gasteiger partial charge in [-0.05, 0) is 60.5 Å². The Balaban J connectivity index is 1.72. The third-order valence-electron chi connectivity index (χ3n) is 5.12. The summed E-state index contributed by atoms with van der Waals surface area (Å²) >= 11 is 0. The molecule has 0 saturated heterocycles. The third-order valence-corrected chi connectivity index (χ3v) is 6.06. The lowest BCUT2D eigenvalue weighted by Gasteiger charge is -2.09. The van der Waals surface area contributed by atoms with E-state index in [-0.39, 0.29) is 0 Å². The van der Waals surface area contributed by atoms with Gasteiger partial charge in [-0.25, -0.2) is 4.98 Å². The molecule has 1 unspecified atom stereocenters. The fraction of sp³-hybridized carbons (Fsp3) is 0.0909. The van der Waals surface area contributed by atoms with Gasteiger partial charge in [-0.3, -0.25) is 13.6 Å². The Morgan fingerprint density at radius 2 is 1.67 bits per heavy atom. The predicted octanol–water partition coefficient (Wildman–Crippen LogP) is 3.63. The summed E-state index contributed by atoms with van der Waals surface area (Å²) in [4.78, 5) is 9.57. The number of rotatable bonds is 3. The number of nitrogen functional groups attached to an aromatic ring is 1. The van der Waals surface area contributed by atoms with Gasteiger partial charge in [0.25, 0.3) is 0 Å². The lowest BCUT2D eigenvalue weighted by atomic mass is 10.0. The van der Waals surface area contributed by atoms with E-state index in [1.54, 1.807) is 18.6 Å². The van der Waals surface area contributed by atoms with Crippen LogP contribution in [0.25, 0.3) is 39.2 Å². The second kappa shape index (κ2) is 7.00. The first kappa shape index (κ1) is 18.4. The van der Waals surface area contributed by atoms with Crippen LogP contribution in [-0.2, 0) is 10.8 Å². The highest BCUT2D eigenvalue weighted by atomic mass is 32.2. The molecule has 3 heterocycles. The largest absolute Gasteiger partial charge is 0.383 e. The number of nitrogens with two attached hydrogens (primary N) is 1. The first-order valence-electron chi connectivity index (χ1n) is 9.31. The Bertz CT molecular complexity index is 1440. The van der Waals surface area contributed by atoms with E-state index in [4.69, 9.17) is 5.73 Å². The van der Waals surface area contributed by atoms with Crippen molar-refractivity contribution in [2.24, 2.45) is 0 Å². The molecule has 0 amide bonds. The van der Waals surface area contributed by atoms with Gasteiger partial charge < -0.3 is 5.73 Å². The Hall–Kier alpha value is -3.65. The van der Waals surface area contributed by atoms with E-state index in [1.807, 2.05) is 53.8 Å². The van der Waals surface area contributed by atoms with Crippen LogP contribution < -0.4 is 5.73 Å². The lowest BCUT2D eigenvalue weighted by molar-refractivity contribution is 0.687. The van der Waals surface area contributed by atoms with Crippen molar-refractivity contribution in [3.63, 3.8) is 0 Å². The molecule has 2 N–H and O–H groups in total. The van der Waals surface area contributed by atoms with E-state index in [9.17, 15) is 4.21 Å². The predicted molar refractivity (Wildman–Crippen MR) is 118 cm³/mol. The zero-order valence-electron chi connectivity index (χ0n) is 16.4. The molecule has 0 aliphatic rings. The van der Waals surface area contributed by atoms with Crippen molar-refractivity contribution in [1.82, 2.24) is 24.6 Å². The molecule has 0 spiro atoms. The number of nitrogens with zero attached hydrogens (tertiary/aromatic N) is 5. The Morgan fingerprint density at radius 1 is 0.900 bits per heavy atom. The first-order valence-corrected chi connectivity index (χ1v) is 10.9. The average molecular weight is 414 g/mol. The fourth-order valence-electron chi connectivity index (χ4n) is 3.46. The van der Waals surface area contributed by atoms with Gasteiger partial charge in [0.05, 0.1) is 17.2 Å². The van der Waals surface area contributed by atoms with E-state index in [0.29, 0.717) is 17.3 Å². The van der Waals surface area contributed by atoms with E-state index in [0.717, 1.165) is 38.2 Å². The number of aromatic nitrogens is 5. The molecule has 0 saturated carbocycles. The van der Waals surface area contributed by atoms with Crippen molar-refractivity contribution >= 4 is 33.3 Å². The summed E-state index contributed by atoms with van der Waals surface area (Å²) in [6, 6.07) is 15.6. The second-order valence-corrected chi connectivity index (χ2v) is 8.46. The van der Waals surface area contributed by atoms with Gasteiger partial charge in [0, 0.05) is 39.3 Å². The van der Waals surface area contributed by atoms with Crippen molar-refractivity contribution in [3.8, 4) is 22.5 Å². The second-order valence-electron chi connectivity index (χ2n) is 7.08. The highest BCUT2D eigenvalue weighted by Gasteiger charge is 2.13. The normalized spacial score (nSPS) is 12.5. The van der Waals surface area contributed by atoms with Crippen molar-refractivity contribution in [1.29, 1.82) is 0 Å². The molecule has 0 bridgehead atoms. The Morgan fingerprint density at radius 3 is 2.40 bits per heavy atom. The topological polar surface area (TPSA) is 99.1 Å². The molecule has 2 aromatic carbocycles. The molecule has 5 aromatic rings. The average Bonchev–Trinajstić information content (AvgIpc) is 3.20. The van der Waals surface area contributed by atoms with Crippen LogP contribution in [0.4, 0.5) is 5.82 Å². The molecule has 3 aromatic heterocycles. The van der Waals surface area contributed by atoms with Gasteiger partial charge in [-0.1, -0.05) is 6.07 Å². The fourth-order valence-corrected chi connectivity index (χ4v) is 3.98. The number of anilines is 1. The van der Waals surface area contributed by atoms with Gasteiger partial charge in [-0.2, -0.15) is 0 Å². The molecule has 7 nitrogen and oxygen atoms in total. The summed E-state index contributed by atoms with van der Waals surface area (Å²) in [5.74, 6) is 1.23. The summed E-state index contributed by atoms with van der Waals surface area (Å²) in [6.45, 7) is 1.94. The lowest BCUT2D eigenvalue weighted by Crippen LogP contribution is -1.96. The van der Waals surface area contributed by atoms with Crippen LogP contribution in [0.15, 0.2) is 65.8 Å². The van der Waals surface area contributed by atoms with Crippen LogP contribution in [0.5, 0.6) is 0 Å². The number of pyridine rings is 1. The molecule has 1 atom stereocenters. The molecule has 0 aliphatic carbocycles. The van der Waals surface area contributed by atoms with E-state index in [2.05, 4.69) is 26.2 Å². The summed E-state index contributed by atoms with van der Waals surface area (Å²) < 4.78 is 13.7. The standard InChI is InChI=1S/C22H18N6OS/c1-13-9-16(11-25-21(13)23)15-5-8-18-19(10-15)28-20(12-24-18)26-27-22(28)14-3-6-17(7-4-14)30(2)29/h3-12H,1-2H3,(H2,23,25). The number of fused-ring (bicyclic) bond motifs is 3. The number of hydrogen-bond acceptors (Lipinski definition) is 6. The molecular weight excluding hydrogens is 396 g/mol. The summed E-state index contributed by atoms with van der Waals surface area (Å²) in [7, 11) is -1.03. The maximum absolute atomic E-state index is 11.7. The van der Waals surface area contributed by atoms with Crippen LogP contribution in [0.1, 0.15) is 5.56 Å². The zero-order valence-corrected chi connectivity index (χ0v) is 17.2. The van der Waals surface area contributed by atoms with Gasteiger partial charge in [-0.15, -0.1) is 10.2 Å². The van der Waals surface area contributed by atoms with Crippen LogP contribution in [-0.4, -0.2) is 35.0 Å². The number of aryl methyl sites for hydroxylation is 1. The molecule has 0 fully saturated rings. The van der Waals surface area contributed by atoms with E-state index in [1.165, 1.54) is 0 Å². The van der Waals surface area contributed by atoms with Gasteiger partial charge in [0.15, 0.2) is 11.5 Å². The summed E-state index contributed by atoms with van der Waals surface area (Å²) in [5.41, 5.74) is 12.1. The van der Waals surface area contributed by atoms with Crippen molar-refractivity contribution in [2.75, 3.05) is 12.0 Å². The molecule has 5 rings (SSSR count).